The molecule has 1 heterocycles. The first-order chi connectivity index (χ1) is 7.05. The third-order valence-electron chi connectivity index (χ3n) is 2.78. The summed E-state index contributed by atoms with van der Waals surface area (Å²) in [4.78, 5) is 0. The molecule has 2 nitrogen and oxygen atoms in total. The van der Waals surface area contributed by atoms with E-state index in [1.807, 2.05) is 6.07 Å². The van der Waals surface area contributed by atoms with E-state index in [4.69, 9.17) is 0 Å². The predicted molar refractivity (Wildman–Crippen MR) is 68.3 cm³/mol. The summed E-state index contributed by atoms with van der Waals surface area (Å²) in [6.07, 6.45) is 1.17. The lowest BCUT2D eigenvalue weighted by Gasteiger charge is -2.18. The molecule has 0 radical (unpaired) electrons. The summed E-state index contributed by atoms with van der Waals surface area (Å²) in [5.41, 5.74) is 1.46. The van der Waals surface area contributed by atoms with Gasteiger partial charge in [-0.25, -0.2) is 0 Å². The number of nitrogens with one attached hydrogen (secondary N) is 2. The largest absolute Gasteiger partial charge is 0.381 e. The summed E-state index contributed by atoms with van der Waals surface area (Å²) in [5.74, 6) is 0. The van der Waals surface area contributed by atoms with Crippen LogP contribution >= 0.6 is 15.9 Å². The first-order valence-electron chi connectivity index (χ1n) is 5.32. The van der Waals surface area contributed by atoms with Crippen molar-refractivity contribution < 1.29 is 0 Å². The summed E-state index contributed by atoms with van der Waals surface area (Å²) < 4.78 is 1.12. The molecule has 3 heteroatoms. The van der Waals surface area contributed by atoms with E-state index in [1.54, 1.807) is 0 Å². The Labute approximate surface area is 99.6 Å². The van der Waals surface area contributed by atoms with Crippen LogP contribution in [-0.4, -0.2) is 18.1 Å². The molecule has 1 aromatic rings. The van der Waals surface area contributed by atoms with E-state index in [2.05, 4.69) is 58.6 Å². The first kappa shape index (κ1) is 11.0. The van der Waals surface area contributed by atoms with E-state index < -0.39 is 0 Å². The van der Waals surface area contributed by atoms with Gasteiger partial charge in [0.05, 0.1) is 0 Å². The lowest BCUT2D eigenvalue weighted by Crippen LogP contribution is -2.31. The van der Waals surface area contributed by atoms with Crippen LogP contribution in [0.2, 0.25) is 0 Å². The average molecular weight is 269 g/mol. The number of rotatable bonds is 2. The fourth-order valence-electron chi connectivity index (χ4n) is 2.08. The van der Waals surface area contributed by atoms with E-state index in [1.165, 1.54) is 12.1 Å². The second-order valence-electron chi connectivity index (χ2n) is 4.82. The predicted octanol–water partition coefficient (Wildman–Crippen LogP) is 3.00. The van der Waals surface area contributed by atoms with Crippen LogP contribution in [0.3, 0.4) is 0 Å². The molecule has 1 saturated heterocycles. The Morgan fingerprint density at radius 2 is 2.27 bits per heavy atom. The van der Waals surface area contributed by atoms with Gasteiger partial charge >= 0.3 is 0 Å². The Hall–Kier alpha value is -0.540. The van der Waals surface area contributed by atoms with Gasteiger partial charge in [-0.15, -0.1) is 0 Å². The van der Waals surface area contributed by atoms with E-state index in [-0.39, 0.29) is 5.54 Å². The van der Waals surface area contributed by atoms with Crippen molar-refractivity contribution in [1.29, 1.82) is 0 Å². The molecular formula is C12H17BrN2. The molecule has 82 valence electrons. The zero-order valence-electron chi connectivity index (χ0n) is 9.18. The highest BCUT2D eigenvalue weighted by Gasteiger charge is 2.29. The summed E-state index contributed by atoms with van der Waals surface area (Å²) in [6.45, 7) is 5.53. The van der Waals surface area contributed by atoms with Gasteiger partial charge in [-0.2, -0.15) is 0 Å². The standard InChI is InChI=1S/C12H17BrN2/c1-12(2)7-11(8-14-12)15-10-5-3-4-9(13)6-10/h3-6,11,14-15H,7-8H2,1-2H3. The molecule has 0 saturated carbocycles. The number of hydrogen-bond acceptors (Lipinski definition) is 2. The van der Waals surface area contributed by atoms with Crippen LogP contribution in [-0.2, 0) is 0 Å². The van der Waals surface area contributed by atoms with Crippen LogP contribution in [0.1, 0.15) is 20.3 Å². The second kappa shape index (κ2) is 4.14. The minimum absolute atomic E-state index is 0.268. The topological polar surface area (TPSA) is 24.1 Å². The van der Waals surface area contributed by atoms with Crippen LogP contribution in [0.5, 0.6) is 0 Å². The fourth-order valence-corrected chi connectivity index (χ4v) is 2.48. The minimum atomic E-state index is 0.268. The normalized spacial score (nSPS) is 24.1. The Morgan fingerprint density at radius 1 is 1.47 bits per heavy atom. The average Bonchev–Trinajstić information content (AvgIpc) is 2.45. The van der Waals surface area contributed by atoms with Crippen molar-refractivity contribution in [2.45, 2.75) is 31.8 Å². The van der Waals surface area contributed by atoms with E-state index in [9.17, 15) is 0 Å². The second-order valence-corrected chi connectivity index (χ2v) is 5.74. The molecule has 1 aliphatic heterocycles. The molecule has 1 aliphatic rings. The van der Waals surface area contributed by atoms with Crippen LogP contribution in [0.25, 0.3) is 0 Å². The minimum Gasteiger partial charge on any atom is -0.381 e. The molecule has 2 rings (SSSR count). The van der Waals surface area contributed by atoms with Gasteiger partial charge in [-0.1, -0.05) is 22.0 Å². The highest BCUT2D eigenvalue weighted by molar-refractivity contribution is 9.10. The zero-order chi connectivity index (χ0) is 10.9. The molecule has 1 fully saturated rings. The third kappa shape index (κ3) is 2.95. The first-order valence-corrected chi connectivity index (χ1v) is 6.12. The SMILES string of the molecule is CC1(C)CC(Nc2cccc(Br)c2)CN1. The van der Waals surface area contributed by atoms with Gasteiger partial charge in [0.15, 0.2) is 0 Å². The van der Waals surface area contributed by atoms with Gasteiger partial charge < -0.3 is 10.6 Å². The lowest BCUT2D eigenvalue weighted by atomic mass is 10.0. The van der Waals surface area contributed by atoms with Crippen molar-refractivity contribution in [3.63, 3.8) is 0 Å². The number of benzene rings is 1. The molecule has 1 atom stereocenters. The molecular weight excluding hydrogens is 252 g/mol. The number of halogens is 1. The van der Waals surface area contributed by atoms with E-state index in [0.717, 1.165) is 11.0 Å². The van der Waals surface area contributed by atoms with Crippen LogP contribution in [0.4, 0.5) is 5.69 Å². The van der Waals surface area contributed by atoms with Crippen molar-refractivity contribution >= 4 is 21.6 Å². The Balaban J connectivity index is 1.99. The Kier molecular flexibility index (Phi) is 3.03. The van der Waals surface area contributed by atoms with Crippen LogP contribution in [0, 0.1) is 0 Å². The van der Waals surface area contributed by atoms with Gasteiger partial charge in [-0.05, 0) is 38.5 Å². The lowest BCUT2D eigenvalue weighted by molar-refractivity contribution is 0.457. The number of anilines is 1. The summed E-state index contributed by atoms with van der Waals surface area (Å²) in [7, 11) is 0. The molecule has 1 unspecified atom stereocenters. The van der Waals surface area contributed by atoms with Crippen LogP contribution < -0.4 is 10.6 Å². The highest BCUT2D eigenvalue weighted by atomic mass is 79.9. The van der Waals surface area contributed by atoms with Gasteiger partial charge in [0.1, 0.15) is 0 Å². The fraction of sp³-hybridized carbons (Fsp3) is 0.500. The smallest absolute Gasteiger partial charge is 0.0403 e. The summed E-state index contributed by atoms with van der Waals surface area (Å²) >= 11 is 3.48. The van der Waals surface area contributed by atoms with Crippen molar-refractivity contribution in [3.8, 4) is 0 Å². The monoisotopic (exact) mass is 268 g/mol. The van der Waals surface area contributed by atoms with Crippen molar-refractivity contribution in [3.05, 3.63) is 28.7 Å². The Bertz CT molecular complexity index is 349. The van der Waals surface area contributed by atoms with Crippen LogP contribution in [0.15, 0.2) is 28.7 Å². The molecule has 0 amide bonds. The molecule has 0 aliphatic carbocycles. The molecule has 15 heavy (non-hydrogen) atoms. The molecule has 0 spiro atoms. The maximum atomic E-state index is 3.54. The zero-order valence-corrected chi connectivity index (χ0v) is 10.8. The van der Waals surface area contributed by atoms with Crippen molar-refractivity contribution in [2.24, 2.45) is 0 Å². The highest BCUT2D eigenvalue weighted by Crippen LogP contribution is 2.22. The van der Waals surface area contributed by atoms with Crippen molar-refractivity contribution in [2.75, 3.05) is 11.9 Å². The van der Waals surface area contributed by atoms with E-state index >= 15 is 0 Å². The third-order valence-corrected chi connectivity index (χ3v) is 3.27. The Morgan fingerprint density at radius 3 is 2.87 bits per heavy atom. The molecule has 0 bridgehead atoms. The maximum Gasteiger partial charge on any atom is 0.0403 e. The number of hydrogen-bond donors (Lipinski definition) is 2. The maximum absolute atomic E-state index is 3.54. The van der Waals surface area contributed by atoms with Gasteiger partial charge in [0.25, 0.3) is 0 Å². The quantitative estimate of drug-likeness (QED) is 0.862. The molecule has 2 N–H and O–H groups in total. The van der Waals surface area contributed by atoms with Gasteiger partial charge in [-0.3, -0.25) is 0 Å². The summed E-state index contributed by atoms with van der Waals surface area (Å²) in [6, 6.07) is 8.86. The molecule has 0 aromatic heterocycles. The van der Waals surface area contributed by atoms with E-state index in [0.29, 0.717) is 6.04 Å². The van der Waals surface area contributed by atoms with Gasteiger partial charge in [0.2, 0.25) is 0 Å². The summed E-state index contributed by atoms with van der Waals surface area (Å²) in [5, 5.41) is 7.05. The van der Waals surface area contributed by atoms with Crippen molar-refractivity contribution in [1.82, 2.24) is 5.32 Å². The van der Waals surface area contributed by atoms with Gasteiger partial charge in [0, 0.05) is 28.3 Å². The molecule has 1 aromatic carbocycles.